The van der Waals surface area contributed by atoms with E-state index in [9.17, 15) is 0 Å². The summed E-state index contributed by atoms with van der Waals surface area (Å²) in [7, 11) is 1.85. The molecular weight excluding hydrogens is 180 g/mol. The van der Waals surface area contributed by atoms with Crippen LogP contribution >= 0.6 is 0 Å². The van der Waals surface area contributed by atoms with E-state index in [-0.39, 0.29) is 0 Å². The number of nitrogens with zero attached hydrogens (tertiary/aromatic N) is 4. The molecular formula is C8H12N6. The third-order valence-corrected chi connectivity index (χ3v) is 1.96. The Labute approximate surface area is 81.1 Å². The van der Waals surface area contributed by atoms with Crippen molar-refractivity contribution in [1.29, 1.82) is 0 Å². The first-order valence-electron chi connectivity index (χ1n) is 4.42. The fraction of sp³-hybridized carbons (Fsp3) is 0.375. The summed E-state index contributed by atoms with van der Waals surface area (Å²) >= 11 is 0. The molecule has 0 radical (unpaired) electrons. The van der Waals surface area contributed by atoms with E-state index in [2.05, 4.69) is 20.3 Å². The van der Waals surface area contributed by atoms with Crippen molar-refractivity contribution in [3.8, 4) is 11.5 Å². The molecule has 74 valence electrons. The second kappa shape index (κ2) is 3.13. The van der Waals surface area contributed by atoms with Gasteiger partial charge in [-0.15, -0.1) is 0 Å². The third kappa shape index (κ3) is 1.34. The van der Waals surface area contributed by atoms with Crippen molar-refractivity contribution < 1.29 is 0 Å². The molecule has 0 bridgehead atoms. The number of aromatic nitrogens is 5. The lowest BCUT2D eigenvalue weighted by Gasteiger charge is -1.93. The number of anilines is 1. The van der Waals surface area contributed by atoms with Gasteiger partial charge in [0.25, 0.3) is 0 Å². The van der Waals surface area contributed by atoms with Crippen molar-refractivity contribution in [2.24, 2.45) is 7.05 Å². The average Bonchev–Trinajstić information content (AvgIpc) is 2.71. The second-order valence-corrected chi connectivity index (χ2v) is 3.04. The topological polar surface area (TPSA) is 85.4 Å². The Balaban J connectivity index is 2.45. The lowest BCUT2D eigenvalue weighted by Crippen LogP contribution is -1.94. The van der Waals surface area contributed by atoms with Crippen molar-refractivity contribution in [3.63, 3.8) is 0 Å². The highest BCUT2D eigenvalue weighted by atomic mass is 15.3. The first kappa shape index (κ1) is 8.74. The highest BCUT2D eigenvalue weighted by Crippen LogP contribution is 2.15. The molecule has 6 nitrogen and oxygen atoms in total. The predicted molar refractivity (Wildman–Crippen MR) is 52.4 cm³/mol. The summed E-state index contributed by atoms with van der Waals surface area (Å²) in [6.45, 7) is 2.01. The Morgan fingerprint density at radius 3 is 2.86 bits per heavy atom. The van der Waals surface area contributed by atoms with E-state index in [1.807, 2.05) is 14.0 Å². The van der Waals surface area contributed by atoms with E-state index >= 15 is 0 Å². The zero-order valence-corrected chi connectivity index (χ0v) is 8.15. The van der Waals surface area contributed by atoms with Crippen LogP contribution in [0.25, 0.3) is 11.5 Å². The van der Waals surface area contributed by atoms with E-state index in [1.165, 1.54) is 0 Å². The lowest BCUT2D eigenvalue weighted by atomic mass is 10.4. The maximum absolute atomic E-state index is 5.51. The van der Waals surface area contributed by atoms with Gasteiger partial charge in [-0.3, -0.25) is 5.10 Å². The van der Waals surface area contributed by atoms with Gasteiger partial charge in [0.05, 0.1) is 0 Å². The summed E-state index contributed by atoms with van der Waals surface area (Å²) in [6, 6.07) is 1.74. The lowest BCUT2D eigenvalue weighted by molar-refractivity contribution is 0.750. The minimum Gasteiger partial charge on any atom is -0.382 e. The van der Waals surface area contributed by atoms with Crippen molar-refractivity contribution in [2.45, 2.75) is 13.3 Å². The highest BCUT2D eigenvalue weighted by Gasteiger charge is 2.10. The van der Waals surface area contributed by atoms with Gasteiger partial charge in [0.1, 0.15) is 11.5 Å². The van der Waals surface area contributed by atoms with E-state index < -0.39 is 0 Å². The number of nitrogens with two attached hydrogens (primary N) is 1. The molecule has 14 heavy (non-hydrogen) atoms. The molecule has 0 spiro atoms. The molecule has 2 heterocycles. The molecule has 2 aromatic heterocycles. The van der Waals surface area contributed by atoms with Gasteiger partial charge in [0.15, 0.2) is 11.6 Å². The van der Waals surface area contributed by atoms with E-state index in [0.717, 1.165) is 23.8 Å². The largest absolute Gasteiger partial charge is 0.382 e. The molecule has 6 heteroatoms. The van der Waals surface area contributed by atoms with Crippen LogP contribution in [-0.4, -0.2) is 25.0 Å². The molecule has 0 atom stereocenters. The van der Waals surface area contributed by atoms with E-state index in [1.54, 1.807) is 10.7 Å². The number of hydrogen-bond acceptors (Lipinski definition) is 4. The van der Waals surface area contributed by atoms with Crippen LogP contribution in [0.2, 0.25) is 0 Å². The number of rotatable bonds is 2. The second-order valence-electron chi connectivity index (χ2n) is 3.04. The van der Waals surface area contributed by atoms with Gasteiger partial charge in [-0.25, -0.2) is 9.67 Å². The zero-order valence-electron chi connectivity index (χ0n) is 8.15. The van der Waals surface area contributed by atoms with Gasteiger partial charge in [-0.05, 0) is 0 Å². The number of aryl methyl sites for hydroxylation is 2. The maximum Gasteiger partial charge on any atom is 0.176 e. The zero-order chi connectivity index (χ0) is 10.1. The van der Waals surface area contributed by atoms with Crippen LogP contribution < -0.4 is 5.73 Å². The summed E-state index contributed by atoms with van der Waals surface area (Å²) in [5.41, 5.74) is 6.29. The Kier molecular flexibility index (Phi) is 1.95. The fourth-order valence-electron chi connectivity index (χ4n) is 1.27. The summed E-state index contributed by atoms with van der Waals surface area (Å²) in [5.74, 6) is 2.03. The molecule has 2 rings (SSSR count). The summed E-state index contributed by atoms with van der Waals surface area (Å²) in [4.78, 5) is 4.34. The molecule has 0 unspecified atom stereocenters. The number of nitrogen functional groups attached to an aromatic ring is 1. The van der Waals surface area contributed by atoms with E-state index in [0.29, 0.717) is 5.82 Å². The van der Waals surface area contributed by atoms with Crippen LogP contribution in [0.5, 0.6) is 0 Å². The summed E-state index contributed by atoms with van der Waals surface area (Å²) in [6.07, 6.45) is 0.817. The molecule has 0 fully saturated rings. The molecule has 0 amide bonds. The molecule has 0 aromatic carbocycles. The molecule has 0 saturated carbocycles. The average molecular weight is 192 g/mol. The Morgan fingerprint density at radius 1 is 1.57 bits per heavy atom. The summed E-state index contributed by atoms with van der Waals surface area (Å²) in [5, 5.41) is 10.9. The molecule has 0 aliphatic carbocycles. The minimum absolute atomic E-state index is 0.459. The minimum atomic E-state index is 0.459. The monoisotopic (exact) mass is 192 g/mol. The number of aromatic amines is 1. The Hall–Kier alpha value is -1.85. The van der Waals surface area contributed by atoms with Gasteiger partial charge in [0, 0.05) is 19.5 Å². The van der Waals surface area contributed by atoms with Crippen LogP contribution in [0, 0.1) is 0 Å². The number of H-pyrrole nitrogens is 1. The third-order valence-electron chi connectivity index (χ3n) is 1.96. The first-order chi connectivity index (χ1) is 6.70. The highest BCUT2D eigenvalue weighted by molar-refractivity contribution is 5.53. The van der Waals surface area contributed by atoms with Crippen LogP contribution in [0.3, 0.4) is 0 Å². The molecule has 2 aromatic rings. The smallest absolute Gasteiger partial charge is 0.176 e. The van der Waals surface area contributed by atoms with Gasteiger partial charge >= 0.3 is 0 Å². The van der Waals surface area contributed by atoms with Gasteiger partial charge in [0.2, 0.25) is 0 Å². The predicted octanol–water partition coefficient (Wildman–Crippen LogP) is 0.350. The number of nitrogens with one attached hydrogen (secondary N) is 1. The first-order valence-corrected chi connectivity index (χ1v) is 4.42. The van der Waals surface area contributed by atoms with Gasteiger partial charge in [-0.2, -0.15) is 10.2 Å². The molecule has 0 saturated heterocycles. The quantitative estimate of drug-likeness (QED) is 0.718. The maximum atomic E-state index is 5.51. The van der Waals surface area contributed by atoms with Crippen LogP contribution in [0.1, 0.15) is 12.7 Å². The van der Waals surface area contributed by atoms with Crippen molar-refractivity contribution in [1.82, 2.24) is 25.0 Å². The van der Waals surface area contributed by atoms with Crippen molar-refractivity contribution in [3.05, 3.63) is 11.9 Å². The molecule has 3 N–H and O–H groups in total. The standard InChI is InChI=1S/C8H12N6/c1-3-7-10-8(14(2)13-7)5-4-6(9)12-11-5/h4H,3H2,1-2H3,(H3,9,11,12). The normalized spacial score (nSPS) is 10.7. The van der Waals surface area contributed by atoms with Gasteiger partial charge in [-0.1, -0.05) is 6.92 Å². The Morgan fingerprint density at radius 2 is 2.36 bits per heavy atom. The van der Waals surface area contributed by atoms with Crippen molar-refractivity contribution >= 4 is 5.82 Å². The molecule has 0 aliphatic rings. The number of hydrogen-bond donors (Lipinski definition) is 2. The fourth-order valence-corrected chi connectivity index (χ4v) is 1.27. The summed E-state index contributed by atoms with van der Waals surface area (Å²) < 4.78 is 1.71. The van der Waals surface area contributed by atoms with Crippen LogP contribution in [0.4, 0.5) is 5.82 Å². The van der Waals surface area contributed by atoms with E-state index in [4.69, 9.17) is 5.73 Å². The Bertz CT molecular complexity index is 440. The SMILES string of the molecule is CCc1nc(-c2cc(N)n[nH]2)n(C)n1. The van der Waals surface area contributed by atoms with Crippen LogP contribution in [-0.2, 0) is 13.5 Å². The van der Waals surface area contributed by atoms with Crippen molar-refractivity contribution in [2.75, 3.05) is 5.73 Å². The van der Waals surface area contributed by atoms with Crippen LogP contribution in [0.15, 0.2) is 6.07 Å². The van der Waals surface area contributed by atoms with Gasteiger partial charge < -0.3 is 5.73 Å². The molecule has 0 aliphatic heterocycles.